The molecular weight excluding hydrogens is 315 g/mol. The standard InChI is InChI=1S/C18H16ClFN2O/c1-10-14-8-12(19)9-15(11-4-6-13(20)7-5-11)17(14)22(3)16(10)18(23)21-2/h4-9H,1-3H3,(H,21,23). The highest BCUT2D eigenvalue weighted by Crippen LogP contribution is 2.36. The fraction of sp³-hybridized carbons (Fsp3) is 0.167. The number of rotatable bonds is 2. The van der Waals surface area contributed by atoms with Gasteiger partial charge in [-0.3, -0.25) is 4.79 Å². The third-order valence-electron chi connectivity index (χ3n) is 4.10. The number of fused-ring (bicyclic) bond motifs is 1. The van der Waals surface area contributed by atoms with E-state index in [1.54, 1.807) is 19.2 Å². The number of carbonyl (C=O) groups excluding carboxylic acids is 1. The minimum absolute atomic E-state index is 0.151. The number of aromatic nitrogens is 1. The first-order valence-corrected chi connectivity index (χ1v) is 7.58. The van der Waals surface area contributed by atoms with Crippen LogP contribution in [0.3, 0.4) is 0 Å². The Morgan fingerprint density at radius 3 is 2.48 bits per heavy atom. The lowest BCUT2D eigenvalue weighted by Crippen LogP contribution is -2.21. The number of amides is 1. The van der Waals surface area contributed by atoms with Crippen LogP contribution in [0.1, 0.15) is 16.1 Å². The van der Waals surface area contributed by atoms with Crippen LogP contribution in [-0.4, -0.2) is 17.5 Å². The van der Waals surface area contributed by atoms with E-state index >= 15 is 0 Å². The number of hydrogen-bond donors (Lipinski definition) is 1. The zero-order valence-corrected chi connectivity index (χ0v) is 13.8. The van der Waals surface area contributed by atoms with Crippen molar-refractivity contribution in [1.82, 2.24) is 9.88 Å². The molecular formula is C18H16ClFN2O. The molecule has 2 aromatic carbocycles. The zero-order valence-electron chi connectivity index (χ0n) is 13.1. The topological polar surface area (TPSA) is 34.0 Å². The Kier molecular flexibility index (Phi) is 3.86. The summed E-state index contributed by atoms with van der Waals surface area (Å²) in [6, 6.07) is 9.94. The molecule has 0 saturated heterocycles. The second kappa shape index (κ2) is 5.70. The minimum atomic E-state index is -0.291. The molecule has 1 aromatic heterocycles. The second-order valence-electron chi connectivity index (χ2n) is 5.47. The normalized spacial score (nSPS) is 11.0. The molecule has 3 aromatic rings. The first-order valence-electron chi connectivity index (χ1n) is 7.20. The summed E-state index contributed by atoms with van der Waals surface area (Å²) >= 11 is 6.27. The lowest BCUT2D eigenvalue weighted by molar-refractivity contribution is 0.0955. The van der Waals surface area contributed by atoms with Gasteiger partial charge in [-0.1, -0.05) is 23.7 Å². The van der Waals surface area contributed by atoms with Gasteiger partial charge in [0.2, 0.25) is 0 Å². The number of halogens is 2. The molecule has 0 bridgehead atoms. The molecule has 3 nitrogen and oxygen atoms in total. The average molecular weight is 331 g/mol. The van der Waals surface area contributed by atoms with Crippen LogP contribution >= 0.6 is 11.6 Å². The largest absolute Gasteiger partial charge is 0.354 e. The van der Waals surface area contributed by atoms with E-state index in [2.05, 4.69) is 5.32 Å². The van der Waals surface area contributed by atoms with Crippen molar-refractivity contribution in [2.45, 2.75) is 6.92 Å². The molecule has 1 heterocycles. The molecule has 3 rings (SSSR count). The second-order valence-corrected chi connectivity index (χ2v) is 5.90. The monoisotopic (exact) mass is 330 g/mol. The SMILES string of the molecule is CNC(=O)c1c(C)c2cc(Cl)cc(-c3ccc(F)cc3)c2n1C. The molecule has 5 heteroatoms. The van der Waals surface area contributed by atoms with Crippen molar-refractivity contribution in [2.75, 3.05) is 7.05 Å². The van der Waals surface area contributed by atoms with Crippen LogP contribution in [-0.2, 0) is 7.05 Å². The maximum absolute atomic E-state index is 13.2. The van der Waals surface area contributed by atoms with Crippen LogP contribution < -0.4 is 5.32 Å². The van der Waals surface area contributed by atoms with Crippen LogP contribution in [0.2, 0.25) is 5.02 Å². The molecule has 1 amide bonds. The summed E-state index contributed by atoms with van der Waals surface area (Å²) in [6.07, 6.45) is 0. The van der Waals surface area contributed by atoms with Gasteiger partial charge in [0, 0.05) is 30.1 Å². The van der Waals surface area contributed by atoms with E-state index in [1.165, 1.54) is 12.1 Å². The van der Waals surface area contributed by atoms with Gasteiger partial charge in [0.25, 0.3) is 5.91 Å². The van der Waals surface area contributed by atoms with Gasteiger partial charge in [-0.05, 0) is 42.3 Å². The van der Waals surface area contributed by atoms with Gasteiger partial charge in [0.1, 0.15) is 11.5 Å². The van der Waals surface area contributed by atoms with E-state index in [0.717, 1.165) is 27.6 Å². The number of aryl methyl sites for hydroxylation is 2. The molecule has 0 aliphatic rings. The van der Waals surface area contributed by atoms with Gasteiger partial charge in [0.05, 0.1) is 5.52 Å². The van der Waals surface area contributed by atoms with Crippen LogP contribution in [0, 0.1) is 12.7 Å². The van der Waals surface area contributed by atoms with Crippen molar-refractivity contribution in [3.63, 3.8) is 0 Å². The quantitative estimate of drug-likeness (QED) is 0.746. The maximum atomic E-state index is 13.2. The van der Waals surface area contributed by atoms with Crippen molar-refractivity contribution >= 4 is 28.4 Å². The number of nitrogens with one attached hydrogen (secondary N) is 1. The summed E-state index contributed by atoms with van der Waals surface area (Å²) in [5.74, 6) is -0.441. The molecule has 0 spiro atoms. The Morgan fingerprint density at radius 1 is 1.22 bits per heavy atom. The number of carbonyl (C=O) groups is 1. The minimum Gasteiger partial charge on any atom is -0.354 e. The van der Waals surface area contributed by atoms with Crippen molar-refractivity contribution < 1.29 is 9.18 Å². The van der Waals surface area contributed by atoms with Crippen LogP contribution in [0.4, 0.5) is 4.39 Å². The smallest absolute Gasteiger partial charge is 0.267 e. The number of nitrogens with zero attached hydrogens (tertiary/aromatic N) is 1. The first kappa shape index (κ1) is 15.6. The van der Waals surface area contributed by atoms with Crippen molar-refractivity contribution in [3.8, 4) is 11.1 Å². The number of benzene rings is 2. The van der Waals surface area contributed by atoms with E-state index in [0.29, 0.717) is 10.7 Å². The van der Waals surface area contributed by atoms with Crippen molar-refractivity contribution in [2.24, 2.45) is 7.05 Å². The van der Waals surface area contributed by atoms with Crippen LogP contribution in [0.5, 0.6) is 0 Å². The molecule has 0 saturated carbocycles. The summed E-state index contributed by atoms with van der Waals surface area (Å²) in [4.78, 5) is 12.2. The van der Waals surface area contributed by atoms with E-state index in [-0.39, 0.29) is 11.7 Å². The first-order chi connectivity index (χ1) is 10.9. The highest BCUT2D eigenvalue weighted by Gasteiger charge is 2.20. The Morgan fingerprint density at radius 2 is 1.87 bits per heavy atom. The third kappa shape index (κ3) is 2.49. The van der Waals surface area contributed by atoms with Gasteiger partial charge in [-0.15, -0.1) is 0 Å². The highest BCUT2D eigenvalue weighted by atomic mass is 35.5. The Hall–Kier alpha value is -2.33. The average Bonchev–Trinajstić information content (AvgIpc) is 2.78. The molecule has 1 N–H and O–H groups in total. The maximum Gasteiger partial charge on any atom is 0.267 e. The molecule has 0 radical (unpaired) electrons. The van der Waals surface area contributed by atoms with Crippen LogP contribution in [0.15, 0.2) is 36.4 Å². The van der Waals surface area contributed by atoms with E-state index in [1.807, 2.05) is 30.7 Å². The van der Waals surface area contributed by atoms with Gasteiger partial charge in [-0.25, -0.2) is 4.39 Å². The van der Waals surface area contributed by atoms with Gasteiger partial charge >= 0.3 is 0 Å². The Balaban J connectivity index is 2.39. The van der Waals surface area contributed by atoms with E-state index in [4.69, 9.17) is 11.6 Å². The molecule has 0 aliphatic carbocycles. The summed E-state index contributed by atoms with van der Waals surface area (Å²) in [6.45, 7) is 1.90. The molecule has 0 atom stereocenters. The summed E-state index contributed by atoms with van der Waals surface area (Å²) in [5.41, 5.74) is 4.08. The van der Waals surface area contributed by atoms with Gasteiger partial charge in [0.15, 0.2) is 0 Å². The van der Waals surface area contributed by atoms with E-state index < -0.39 is 0 Å². The van der Waals surface area contributed by atoms with Gasteiger partial charge < -0.3 is 9.88 Å². The van der Waals surface area contributed by atoms with Crippen LogP contribution in [0.25, 0.3) is 22.0 Å². The third-order valence-corrected chi connectivity index (χ3v) is 4.32. The number of hydrogen-bond acceptors (Lipinski definition) is 1. The molecule has 118 valence electrons. The van der Waals surface area contributed by atoms with Crippen molar-refractivity contribution in [1.29, 1.82) is 0 Å². The molecule has 0 aliphatic heterocycles. The summed E-state index contributed by atoms with van der Waals surface area (Å²) in [7, 11) is 3.45. The molecule has 0 unspecified atom stereocenters. The summed E-state index contributed by atoms with van der Waals surface area (Å²) < 4.78 is 15.1. The summed E-state index contributed by atoms with van der Waals surface area (Å²) in [5, 5.41) is 4.16. The van der Waals surface area contributed by atoms with Crippen molar-refractivity contribution in [3.05, 3.63) is 58.5 Å². The molecule has 23 heavy (non-hydrogen) atoms. The lowest BCUT2D eigenvalue weighted by atomic mass is 10.0. The Labute approximate surface area is 138 Å². The lowest BCUT2D eigenvalue weighted by Gasteiger charge is -2.09. The fourth-order valence-electron chi connectivity index (χ4n) is 3.03. The predicted octanol–water partition coefficient (Wildman–Crippen LogP) is 4.31. The highest BCUT2D eigenvalue weighted by molar-refractivity contribution is 6.32. The van der Waals surface area contributed by atoms with Gasteiger partial charge in [-0.2, -0.15) is 0 Å². The predicted molar refractivity (Wildman–Crippen MR) is 91.5 cm³/mol. The zero-order chi connectivity index (χ0) is 16.7. The van der Waals surface area contributed by atoms with E-state index in [9.17, 15) is 9.18 Å². The molecule has 0 fully saturated rings. The fourth-order valence-corrected chi connectivity index (χ4v) is 3.25. The Bertz CT molecular complexity index is 913.